The Morgan fingerprint density at radius 1 is 0.895 bits per heavy atom. The largest absolute Gasteiger partial charge is 0.399 e. The number of non-ortho nitro benzene ring substituents is 1. The van der Waals surface area contributed by atoms with Crippen molar-refractivity contribution in [1.29, 1.82) is 0 Å². The molecule has 0 radical (unpaired) electrons. The van der Waals surface area contributed by atoms with Gasteiger partial charge >= 0.3 is 0 Å². The van der Waals surface area contributed by atoms with E-state index >= 15 is 0 Å². The van der Waals surface area contributed by atoms with E-state index in [9.17, 15) is 20.3 Å². The highest BCUT2D eigenvalue weighted by Gasteiger charge is 2.40. The third-order valence-electron chi connectivity index (χ3n) is 7.78. The highest BCUT2D eigenvalue weighted by molar-refractivity contribution is 5.56. The Kier molecular flexibility index (Phi) is 8.46. The second kappa shape index (κ2) is 11.4. The molecule has 4 N–H and O–H groups in total. The Hall–Kier alpha value is -2.92. The van der Waals surface area contributed by atoms with Crippen molar-refractivity contribution in [1.82, 2.24) is 9.80 Å². The molecule has 10 heteroatoms. The average Bonchev–Trinajstić information content (AvgIpc) is 2.87. The van der Waals surface area contributed by atoms with Crippen molar-refractivity contribution in [2.45, 2.75) is 44.4 Å². The summed E-state index contributed by atoms with van der Waals surface area (Å²) in [5.41, 5.74) is 6.83. The molecule has 2 atom stereocenters. The van der Waals surface area contributed by atoms with Gasteiger partial charge < -0.3 is 25.7 Å². The van der Waals surface area contributed by atoms with Crippen LogP contribution in [-0.4, -0.2) is 101 Å². The van der Waals surface area contributed by atoms with E-state index < -0.39 is 11.2 Å². The molecule has 2 aliphatic rings. The minimum Gasteiger partial charge on any atom is -0.399 e. The zero-order valence-corrected chi connectivity index (χ0v) is 22.8. The van der Waals surface area contributed by atoms with E-state index in [-0.39, 0.29) is 16.7 Å². The summed E-state index contributed by atoms with van der Waals surface area (Å²) in [5.74, 6) is 0. The summed E-state index contributed by atoms with van der Waals surface area (Å²) in [4.78, 5) is 19.8. The van der Waals surface area contributed by atoms with Crippen LogP contribution in [0.15, 0.2) is 48.5 Å². The summed E-state index contributed by atoms with van der Waals surface area (Å²) in [7, 11) is 0. The number of nitrogens with zero attached hydrogens (tertiary/aromatic N) is 5. The molecule has 0 amide bonds. The summed E-state index contributed by atoms with van der Waals surface area (Å²) in [5, 5.41) is 33.7. The fourth-order valence-corrected chi connectivity index (χ4v) is 5.77. The molecule has 10 nitrogen and oxygen atoms in total. The number of nitrogen functional groups attached to an aromatic ring is 1. The van der Waals surface area contributed by atoms with Crippen LogP contribution in [0.4, 0.5) is 22.7 Å². The van der Waals surface area contributed by atoms with Gasteiger partial charge in [0.1, 0.15) is 0 Å². The van der Waals surface area contributed by atoms with Gasteiger partial charge in [-0.05, 0) is 51.5 Å². The molecular formula is C28H42N6O4. The summed E-state index contributed by atoms with van der Waals surface area (Å²) >= 11 is 0. The monoisotopic (exact) mass is 526 g/mol. The summed E-state index contributed by atoms with van der Waals surface area (Å²) < 4.78 is 0. The Balaban J connectivity index is 1.33. The molecule has 0 bridgehead atoms. The number of anilines is 3. The zero-order valence-electron chi connectivity index (χ0n) is 22.8. The number of β-amino-alcohol motifs (C(OH)–C–C–N with tert-alkyl or cyclic N) is 1. The van der Waals surface area contributed by atoms with Crippen molar-refractivity contribution < 1.29 is 15.1 Å². The van der Waals surface area contributed by atoms with E-state index in [1.54, 1.807) is 12.1 Å². The van der Waals surface area contributed by atoms with E-state index in [4.69, 9.17) is 5.73 Å². The lowest BCUT2D eigenvalue weighted by molar-refractivity contribution is -0.384. The predicted octanol–water partition coefficient (Wildman–Crippen LogP) is 2.40. The first kappa shape index (κ1) is 28.1. The number of hydrogen-bond acceptors (Lipinski definition) is 9. The van der Waals surface area contributed by atoms with Crippen LogP contribution in [0.25, 0.3) is 0 Å². The maximum Gasteiger partial charge on any atom is 0.271 e. The van der Waals surface area contributed by atoms with E-state index in [1.807, 2.05) is 45.0 Å². The number of aliphatic hydroxyl groups is 2. The molecule has 2 aromatic rings. The lowest BCUT2D eigenvalue weighted by Gasteiger charge is -2.47. The maximum atomic E-state index is 11.5. The van der Waals surface area contributed by atoms with Gasteiger partial charge in [-0.1, -0.05) is 12.1 Å². The standard InChI is InChI=1S/C28H42N6O4/c1-27(2,35)26(33-16-14-32(15-17-33)23-7-4-6-22(29)18-23)20-28(3,36)21-30-10-12-31(13-11-30)24-8-5-9-25(19-24)34(37)38/h4-9,18-19,26,35-36H,10-17,20-21,29H2,1-3H3. The van der Waals surface area contributed by atoms with Crippen LogP contribution in [0.3, 0.4) is 0 Å². The SMILES string of the molecule is CC(O)(CC(N1CCN(c2cccc(N)c2)CC1)C(C)(C)O)CN1CCN(c2cccc([N+](=O)[O-])c2)CC1. The normalized spacial score (nSPS) is 20.2. The Bertz CT molecular complexity index is 1090. The van der Waals surface area contributed by atoms with Crippen molar-refractivity contribution in [3.05, 3.63) is 58.6 Å². The van der Waals surface area contributed by atoms with Crippen LogP contribution < -0.4 is 15.5 Å². The predicted molar refractivity (Wildman–Crippen MR) is 152 cm³/mol. The van der Waals surface area contributed by atoms with Crippen LogP contribution in [0, 0.1) is 10.1 Å². The van der Waals surface area contributed by atoms with Gasteiger partial charge in [0.05, 0.1) is 16.1 Å². The van der Waals surface area contributed by atoms with Crippen LogP contribution in [0.2, 0.25) is 0 Å². The molecule has 208 valence electrons. The Morgan fingerprint density at radius 3 is 2.00 bits per heavy atom. The highest BCUT2D eigenvalue weighted by atomic mass is 16.6. The van der Waals surface area contributed by atoms with Crippen LogP contribution >= 0.6 is 0 Å². The summed E-state index contributed by atoms with van der Waals surface area (Å²) in [6.07, 6.45) is 0.458. The first-order chi connectivity index (χ1) is 17.9. The number of nitrogens with two attached hydrogens (primary N) is 1. The molecule has 2 fully saturated rings. The Morgan fingerprint density at radius 2 is 1.45 bits per heavy atom. The minimum atomic E-state index is -0.983. The second-order valence-corrected chi connectivity index (χ2v) is 11.5. The van der Waals surface area contributed by atoms with E-state index in [2.05, 4.69) is 25.7 Å². The van der Waals surface area contributed by atoms with Gasteiger partial charge in [-0.3, -0.25) is 19.9 Å². The topological polar surface area (TPSA) is 123 Å². The molecular weight excluding hydrogens is 484 g/mol. The molecule has 4 rings (SSSR count). The molecule has 0 spiro atoms. The lowest BCUT2D eigenvalue weighted by atomic mass is 9.85. The van der Waals surface area contributed by atoms with E-state index in [0.29, 0.717) is 13.0 Å². The molecule has 2 aliphatic heterocycles. The third kappa shape index (κ3) is 7.13. The van der Waals surface area contributed by atoms with Gasteiger partial charge in [0, 0.05) is 94.1 Å². The van der Waals surface area contributed by atoms with Gasteiger partial charge in [-0.2, -0.15) is 0 Å². The summed E-state index contributed by atoms with van der Waals surface area (Å²) in [6, 6.07) is 14.5. The molecule has 0 aromatic heterocycles. The van der Waals surface area contributed by atoms with E-state index in [1.165, 1.54) is 6.07 Å². The van der Waals surface area contributed by atoms with Crippen molar-refractivity contribution in [2.24, 2.45) is 0 Å². The molecule has 2 unspecified atom stereocenters. The van der Waals surface area contributed by atoms with Crippen LogP contribution in [0.1, 0.15) is 27.2 Å². The molecule has 2 saturated heterocycles. The number of nitro benzene ring substituents is 1. The second-order valence-electron chi connectivity index (χ2n) is 11.5. The molecule has 0 saturated carbocycles. The van der Waals surface area contributed by atoms with Gasteiger partial charge in [-0.25, -0.2) is 0 Å². The van der Waals surface area contributed by atoms with Crippen molar-refractivity contribution >= 4 is 22.7 Å². The van der Waals surface area contributed by atoms with E-state index in [0.717, 1.165) is 69.4 Å². The summed E-state index contributed by atoms with van der Waals surface area (Å²) in [6.45, 7) is 12.3. The number of rotatable bonds is 9. The van der Waals surface area contributed by atoms with Crippen LogP contribution in [0.5, 0.6) is 0 Å². The van der Waals surface area contributed by atoms with Gasteiger partial charge in [0.15, 0.2) is 0 Å². The molecule has 0 aliphatic carbocycles. The van der Waals surface area contributed by atoms with Gasteiger partial charge in [-0.15, -0.1) is 0 Å². The fraction of sp³-hybridized carbons (Fsp3) is 0.571. The van der Waals surface area contributed by atoms with Gasteiger partial charge in [0.2, 0.25) is 0 Å². The van der Waals surface area contributed by atoms with Crippen molar-refractivity contribution in [3.8, 4) is 0 Å². The maximum absolute atomic E-state index is 11.5. The number of nitro groups is 1. The highest BCUT2D eigenvalue weighted by Crippen LogP contribution is 2.29. The number of piperazine rings is 2. The first-order valence-electron chi connectivity index (χ1n) is 13.4. The molecule has 38 heavy (non-hydrogen) atoms. The molecule has 2 aromatic carbocycles. The van der Waals surface area contributed by atoms with Crippen molar-refractivity contribution in [3.63, 3.8) is 0 Å². The van der Waals surface area contributed by atoms with Gasteiger partial charge in [0.25, 0.3) is 5.69 Å². The minimum absolute atomic E-state index is 0.0965. The third-order valence-corrected chi connectivity index (χ3v) is 7.78. The van der Waals surface area contributed by atoms with Crippen LogP contribution in [-0.2, 0) is 0 Å². The Labute approximate surface area is 225 Å². The average molecular weight is 527 g/mol. The zero-order chi connectivity index (χ0) is 27.5. The number of benzene rings is 2. The lowest BCUT2D eigenvalue weighted by Crippen LogP contribution is -2.60. The smallest absolute Gasteiger partial charge is 0.271 e. The fourth-order valence-electron chi connectivity index (χ4n) is 5.77. The first-order valence-corrected chi connectivity index (χ1v) is 13.4. The number of hydrogen-bond donors (Lipinski definition) is 3. The molecule has 2 heterocycles. The quantitative estimate of drug-likeness (QED) is 0.257. The van der Waals surface area contributed by atoms with Crippen molar-refractivity contribution in [2.75, 3.05) is 74.4 Å².